The fourth-order valence-electron chi connectivity index (χ4n) is 4.05. The maximum atomic E-state index is 12.9. The molecule has 3 rings (SSSR count). The maximum Gasteiger partial charge on any atom is 0.282 e. The quantitative estimate of drug-likeness (QED) is 0.744. The van der Waals surface area contributed by atoms with E-state index in [4.69, 9.17) is 4.74 Å². The van der Waals surface area contributed by atoms with E-state index in [1.54, 1.807) is 8.61 Å². The summed E-state index contributed by atoms with van der Waals surface area (Å²) in [5, 5.41) is 3.40. The van der Waals surface area contributed by atoms with Crippen LogP contribution in [0.2, 0.25) is 0 Å². The molecule has 0 radical (unpaired) electrons. The number of nitrogens with zero attached hydrogens (tertiary/aromatic N) is 3. The van der Waals surface area contributed by atoms with Crippen LogP contribution in [0.1, 0.15) is 26.7 Å². The Labute approximate surface area is 158 Å². The molecular weight excluding hydrogens is 364 g/mol. The highest BCUT2D eigenvalue weighted by molar-refractivity contribution is 7.86. The number of ether oxygens (including phenoxy) is 1. The average Bonchev–Trinajstić information content (AvgIpc) is 2.55. The average molecular weight is 397 g/mol. The van der Waals surface area contributed by atoms with Crippen molar-refractivity contribution >= 4 is 22.6 Å². The molecule has 9 heteroatoms. The number of nitrogens with one attached hydrogen (secondary N) is 1. The standard InChI is InChI=1S/C16H32N4O3S.ClH/c1-14-11-20(12-15(2)23-14)24(21,22)19-9-7-18(8-10-19)13-16-3-5-17-6-4-16;/h14-17H,3-13H2,1-2H3;1H. The Morgan fingerprint density at radius 2 is 1.52 bits per heavy atom. The van der Waals surface area contributed by atoms with Crippen LogP contribution in [0.4, 0.5) is 0 Å². The number of halogens is 1. The van der Waals surface area contributed by atoms with Gasteiger partial charge in [0.15, 0.2) is 0 Å². The first-order valence-electron chi connectivity index (χ1n) is 9.29. The van der Waals surface area contributed by atoms with E-state index in [0.717, 1.165) is 38.6 Å². The van der Waals surface area contributed by atoms with E-state index in [1.807, 2.05) is 13.8 Å². The molecule has 0 aromatic heterocycles. The minimum Gasteiger partial charge on any atom is -0.373 e. The van der Waals surface area contributed by atoms with E-state index in [-0.39, 0.29) is 24.6 Å². The predicted octanol–water partition coefficient (Wildman–Crippen LogP) is 0.379. The van der Waals surface area contributed by atoms with E-state index in [0.29, 0.717) is 26.2 Å². The zero-order valence-corrected chi connectivity index (χ0v) is 17.0. The van der Waals surface area contributed by atoms with Gasteiger partial charge in [0, 0.05) is 45.8 Å². The first-order chi connectivity index (χ1) is 11.4. The van der Waals surface area contributed by atoms with Crippen LogP contribution in [0.3, 0.4) is 0 Å². The third-order valence-electron chi connectivity index (χ3n) is 5.35. The molecule has 25 heavy (non-hydrogen) atoms. The summed E-state index contributed by atoms with van der Waals surface area (Å²) in [4.78, 5) is 2.44. The summed E-state index contributed by atoms with van der Waals surface area (Å²) in [6.07, 6.45) is 2.40. The monoisotopic (exact) mass is 396 g/mol. The molecule has 3 saturated heterocycles. The Bertz CT molecular complexity index is 498. The van der Waals surface area contributed by atoms with Crippen molar-refractivity contribution in [3.8, 4) is 0 Å². The number of piperazine rings is 1. The fraction of sp³-hybridized carbons (Fsp3) is 1.00. The summed E-state index contributed by atoms with van der Waals surface area (Å²) in [5.41, 5.74) is 0. The van der Waals surface area contributed by atoms with Crippen LogP contribution in [0.5, 0.6) is 0 Å². The molecule has 0 aliphatic carbocycles. The molecule has 0 bridgehead atoms. The van der Waals surface area contributed by atoms with Crippen LogP contribution in [0, 0.1) is 5.92 Å². The summed E-state index contributed by atoms with van der Waals surface area (Å²) in [7, 11) is -3.36. The SMILES string of the molecule is CC1CN(S(=O)(=O)N2CCN(CC3CCNCC3)CC2)CC(C)O1.Cl. The lowest BCUT2D eigenvalue weighted by atomic mass is 9.97. The topological polar surface area (TPSA) is 65.1 Å². The van der Waals surface area contributed by atoms with Gasteiger partial charge in [0.2, 0.25) is 0 Å². The smallest absolute Gasteiger partial charge is 0.282 e. The molecule has 0 aromatic rings. The van der Waals surface area contributed by atoms with Gasteiger partial charge in [-0.1, -0.05) is 0 Å². The van der Waals surface area contributed by atoms with Crippen molar-refractivity contribution in [1.29, 1.82) is 0 Å². The lowest BCUT2D eigenvalue weighted by Crippen LogP contribution is -2.57. The van der Waals surface area contributed by atoms with E-state index in [1.165, 1.54) is 12.8 Å². The van der Waals surface area contributed by atoms with Crippen molar-refractivity contribution in [2.45, 2.75) is 38.9 Å². The lowest BCUT2D eigenvalue weighted by molar-refractivity contribution is -0.0458. The highest BCUT2D eigenvalue weighted by Gasteiger charge is 2.36. The molecule has 1 N–H and O–H groups in total. The van der Waals surface area contributed by atoms with Gasteiger partial charge in [-0.3, -0.25) is 0 Å². The number of piperidine rings is 1. The highest BCUT2D eigenvalue weighted by atomic mass is 35.5. The lowest BCUT2D eigenvalue weighted by Gasteiger charge is -2.41. The van der Waals surface area contributed by atoms with Gasteiger partial charge < -0.3 is 15.0 Å². The maximum absolute atomic E-state index is 12.9. The molecule has 0 saturated carbocycles. The number of hydrogen-bond acceptors (Lipinski definition) is 5. The Morgan fingerprint density at radius 1 is 0.960 bits per heavy atom. The first kappa shape index (κ1) is 21.3. The van der Waals surface area contributed by atoms with Crippen molar-refractivity contribution in [3.05, 3.63) is 0 Å². The molecule has 2 atom stereocenters. The third kappa shape index (κ3) is 5.51. The van der Waals surface area contributed by atoms with Gasteiger partial charge in [0.1, 0.15) is 0 Å². The second-order valence-corrected chi connectivity index (χ2v) is 9.40. The van der Waals surface area contributed by atoms with E-state index >= 15 is 0 Å². The highest BCUT2D eigenvalue weighted by Crippen LogP contribution is 2.20. The Morgan fingerprint density at radius 3 is 2.08 bits per heavy atom. The van der Waals surface area contributed by atoms with Crippen LogP contribution in [-0.2, 0) is 14.9 Å². The Hall–Kier alpha value is 0.0400. The first-order valence-corrected chi connectivity index (χ1v) is 10.7. The summed E-state index contributed by atoms with van der Waals surface area (Å²) in [6.45, 7) is 11.0. The molecule has 3 fully saturated rings. The minimum absolute atomic E-state index is 0. The summed E-state index contributed by atoms with van der Waals surface area (Å²) >= 11 is 0. The molecule has 0 amide bonds. The normalized spacial score (nSPS) is 31.6. The van der Waals surface area contributed by atoms with Crippen LogP contribution in [-0.4, -0.2) is 93.0 Å². The molecule has 148 valence electrons. The van der Waals surface area contributed by atoms with Gasteiger partial charge in [-0.05, 0) is 45.7 Å². The zero-order chi connectivity index (χ0) is 17.2. The van der Waals surface area contributed by atoms with Gasteiger partial charge in [-0.15, -0.1) is 12.4 Å². The number of morpholine rings is 1. The van der Waals surface area contributed by atoms with Crippen LogP contribution in [0.15, 0.2) is 0 Å². The van der Waals surface area contributed by atoms with E-state index < -0.39 is 10.2 Å². The number of rotatable bonds is 4. The van der Waals surface area contributed by atoms with Gasteiger partial charge in [0.25, 0.3) is 10.2 Å². The van der Waals surface area contributed by atoms with Crippen LogP contribution in [0.25, 0.3) is 0 Å². The molecule has 3 heterocycles. The minimum atomic E-state index is -3.36. The van der Waals surface area contributed by atoms with Gasteiger partial charge in [-0.25, -0.2) is 0 Å². The molecule has 0 spiro atoms. The molecule has 0 aromatic carbocycles. The second kappa shape index (κ2) is 9.30. The fourth-order valence-corrected chi connectivity index (χ4v) is 5.80. The third-order valence-corrected chi connectivity index (χ3v) is 7.31. The van der Waals surface area contributed by atoms with Crippen molar-refractivity contribution in [2.24, 2.45) is 5.92 Å². The van der Waals surface area contributed by atoms with Crippen molar-refractivity contribution in [3.63, 3.8) is 0 Å². The van der Waals surface area contributed by atoms with Crippen molar-refractivity contribution in [1.82, 2.24) is 18.8 Å². The van der Waals surface area contributed by atoms with Gasteiger partial charge >= 0.3 is 0 Å². The molecule has 3 aliphatic heterocycles. The molecule has 3 aliphatic rings. The Balaban J connectivity index is 0.00000225. The number of hydrogen-bond donors (Lipinski definition) is 1. The molecule has 7 nitrogen and oxygen atoms in total. The van der Waals surface area contributed by atoms with Crippen LogP contribution < -0.4 is 5.32 Å². The summed E-state index contributed by atoms with van der Waals surface area (Å²) < 4.78 is 34.7. The Kier molecular flexibility index (Phi) is 7.94. The van der Waals surface area contributed by atoms with Crippen molar-refractivity contribution < 1.29 is 13.2 Å². The molecular formula is C16H33ClN4O3S. The van der Waals surface area contributed by atoms with E-state index in [9.17, 15) is 8.42 Å². The van der Waals surface area contributed by atoms with Crippen molar-refractivity contribution in [2.75, 3.05) is 58.9 Å². The molecule has 2 unspecified atom stereocenters. The largest absolute Gasteiger partial charge is 0.373 e. The predicted molar refractivity (Wildman–Crippen MR) is 101 cm³/mol. The second-order valence-electron chi connectivity index (χ2n) is 7.48. The summed E-state index contributed by atoms with van der Waals surface area (Å²) in [5.74, 6) is 0.760. The zero-order valence-electron chi connectivity index (χ0n) is 15.4. The summed E-state index contributed by atoms with van der Waals surface area (Å²) in [6, 6.07) is 0. The van der Waals surface area contributed by atoms with E-state index in [2.05, 4.69) is 10.2 Å². The van der Waals surface area contributed by atoms with Gasteiger partial charge in [-0.2, -0.15) is 17.0 Å². The van der Waals surface area contributed by atoms with Crippen LogP contribution >= 0.6 is 12.4 Å². The van der Waals surface area contributed by atoms with Gasteiger partial charge in [0.05, 0.1) is 12.2 Å².